The predicted octanol–water partition coefficient (Wildman–Crippen LogP) is 2.07. The van der Waals surface area contributed by atoms with Crippen molar-refractivity contribution in [2.75, 3.05) is 19.0 Å². The highest BCUT2D eigenvalue weighted by atomic mass is 19.1. The topological polar surface area (TPSA) is 87.7 Å². The molecule has 0 saturated carbocycles. The van der Waals surface area contributed by atoms with Crippen LogP contribution in [0.3, 0.4) is 0 Å². The average molecular weight is 284 g/mol. The first-order valence-electron chi connectivity index (χ1n) is 6.03. The number of hydrogen-bond acceptors (Lipinski definition) is 3. The number of carboxylic acids is 1. The van der Waals surface area contributed by atoms with Gasteiger partial charge in [-0.25, -0.2) is 14.0 Å². The van der Waals surface area contributed by atoms with Gasteiger partial charge in [0.2, 0.25) is 0 Å². The first kappa shape index (κ1) is 15.9. The number of ether oxygens (including phenoxy) is 1. The summed E-state index contributed by atoms with van der Waals surface area (Å²) in [6.07, 6.45) is 0.647. The SMILES string of the molecule is COCCC(C)NC(=O)Nc1ccc(F)c(C(=O)O)c1. The van der Waals surface area contributed by atoms with Crippen LogP contribution in [-0.2, 0) is 4.74 Å². The molecule has 0 aliphatic rings. The van der Waals surface area contributed by atoms with E-state index >= 15 is 0 Å². The molecule has 0 aliphatic heterocycles. The second kappa shape index (κ2) is 7.44. The van der Waals surface area contributed by atoms with Gasteiger partial charge in [0.15, 0.2) is 0 Å². The van der Waals surface area contributed by atoms with Crippen molar-refractivity contribution < 1.29 is 23.8 Å². The van der Waals surface area contributed by atoms with E-state index in [0.29, 0.717) is 13.0 Å². The van der Waals surface area contributed by atoms with E-state index in [2.05, 4.69) is 10.6 Å². The summed E-state index contributed by atoms with van der Waals surface area (Å²) in [7, 11) is 1.57. The second-order valence-corrected chi connectivity index (χ2v) is 4.28. The maximum Gasteiger partial charge on any atom is 0.338 e. The number of rotatable bonds is 6. The minimum atomic E-state index is -1.39. The number of benzene rings is 1. The van der Waals surface area contributed by atoms with Gasteiger partial charge in [-0.1, -0.05) is 0 Å². The minimum absolute atomic E-state index is 0.102. The molecule has 0 spiro atoms. The lowest BCUT2D eigenvalue weighted by Gasteiger charge is -2.14. The molecule has 1 aromatic carbocycles. The number of carbonyl (C=O) groups excluding carboxylic acids is 1. The van der Waals surface area contributed by atoms with E-state index in [1.807, 2.05) is 6.92 Å². The zero-order valence-electron chi connectivity index (χ0n) is 11.3. The summed E-state index contributed by atoms with van der Waals surface area (Å²) in [4.78, 5) is 22.4. The van der Waals surface area contributed by atoms with E-state index in [1.165, 1.54) is 6.07 Å². The van der Waals surface area contributed by atoms with Crippen molar-refractivity contribution in [3.05, 3.63) is 29.6 Å². The summed E-state index contributed by atoms with van der Waals surface area (Å²) in [5, 5.41) is 13.9. The number of amides is 2. The van der Waals surface area contributed by atoms with Crippen LogP contribution in [0.15, 0.2) is 18.2 Å². The van der Waals surface area contributed by atoms with Gasteiger partial charge in [-0.3, -0.25) is 0 Å². The number of urea groups is 1. The molecular weight excluding hydrogens is 267 g/mol. The normalized spacial score (nSPS) is 11.8. The summed E-state index contributed by atoms with van der Waals surface area (Å²) in [5.74, 6) is -2.24. The van der Waals surface area contributed by atoms with Crippen molar-refractivity contribution in [2.24, 2.45) is 0 Å². The Morgan fingerprint density at radius 2 is 2.15 bits per heavy atom. The van der Waals surface area contributed by atoms with Crippen LogP contribution in [0, 0.1) is 5.82 Å². The van der Waals surface area contributed by atoms with Crippen molar-refractivity contribution in [2.45, 2.75) is 19.4 Å². The lowest BCUT2D eigenvalue weighted by atomic mass is 10.2. The summed E-state index contributed by atoms with van der Waals surface area (Å²) in [6, 6.07) is 2.76. The molecule has 6 nitrogen and oxygen atoms in total. The van der Waals surface area contributed by atoms with Crippen molar-refractivity contribution in [3.63, 3.8) is 0 Å². The van der Waals surface area contributed by atoms with Crippen LogP contribution in [0.5, 0.6) is 0 Å². The molecule has 1 aromatic rings. The molecule has 0 aliphatic carbocycles. The average Bonchev–Trinajstić information content (AvgIpc) is 2.38. The molecule has 110 valence electrons. The zero-order chi connectivity index (χ0) is 15.1. The van der Waals surface area contributed by atoms with Crippen LogP contribution in [0.25, 0.3) is 0 Å². The maximum absolute atomic E-state index is 13.2. The lowest BCUT2D eigenvalue weighted by molar-refractivity contribution is 0.0692. The van der Waals surface area contributed by atoms with Gasteiger partial charge >= 0.3 is 12.0 Å². The van der Waals surface area contributed by atoms with Gasteiger partial charge in [-0.2, -0.15) is 0 Å². The molecule has 1 rings (SSSR count). The standard InChI is InChI=1S/C13H17FN2O4/c1-8(5-6-20-2)15-13(19)16-9-3-4-11(14)10(7-9)12(17)18/h3-4,7-8H,5-6H2,1-2H3,(H,17,18)(H2,15,16,19). The van der Waals surface area contributed by atoms with Gasteiger partial charge in [0, 0.05) is 25.4 Å². The number of methoxy groups -OCH3 is 1. The zero-order valence-corrected chi connectivity index (χ0v) is 11.3. The number of aromatic carboxylic acids is 1. The summed E-state index contributed by atoms with van der Waals surface area (Å²) < 4.78 is 18.1. The first-order chi connectivity index (χ1) is 9.43. The Kier molecular flexibility index (Phi) is 5.92. The van der Waals surface area contributed by atoms with Crippen LogP contribution in [0.1, 0.15) is 23.7 Å². The van der Waals surface area contributed by atoms with Crippen molar-refractivity contribution in [1.29, 1.82) is 0 Å². The van der Waals surface area contributed by atoms with E-state index in [1.54, 1.807) is 7.11 Å². The van der Waals surface area contributed by atoms with E-state index < -0.39 is 23.4 Å². The fourth-order valence-corrected chi connectivity index (χ4v) is 1.52. The Balaban J connectivity index is 2.62. The Morgan fingerprint density at radius 1 is 1.45 bits per heavy atom. The van der Waals surface area contributed by atoms with Crippen LogP contribution in [0.4, 0.5) is 14.9 Å². The fraction of sp³-hybridized carbons (Fsp3) is 0.385. The largest absolute Gasteiger partial charge is 0.478 e. The smallest absolute Gasteiger partial charge is 0.338 e. The number of carbonyl (C=O) groups is 2. The number of halogens is 1. The third-order valence-corrected chi connectivity index (χ3v) is 2.59. The molecule has 20 heavy (non-hydrogen) atoms. The monoisotopic (exact) mass is 284 g/mol. The maximum atomic E-state index is 13.2. The predicted molar refractivity (Wildman–Crippen MR) is 71.5 cm³/mol. The number of anilines is 1. The lowest BCUT2D eigenvalue weighted by Crippen LogP contribution is -2.36. The Labute approximate surface area is 115 Å². The number of hydrogen-bond donors (Lipinski definition) is 3. The molecule has 0 saturated heterocycles. The van der Waals surface area contributed by atoms with Crippen molar-refractivity contribution in [1.82, 2.24) is 5.32 Å². The molecule has 0 bridgehead atoms. The highest BCUT2D eigenvalue weighted by Crippen LogP contribution is 2.14. The summed E-state index contributed by atoms with van der Waals surface area (Å²) in [5.41, 5.74) is -0.282. The van der Waals surface area contributed by atoms with Gasteiger partial charge in [0.05, 0.1) is 5.56 Å². The molecule has 7 heteroatoms. The third kappa shape index (κ3) is 4.85. The highest BCUT2D eigenvalue weighted by molar-refractivity contribution is 5.93. The molecule has 0 radical (unpaired) electrons. The van der Waals surface area contributed by atoms with Gasteiger partial charge in [0.1, 0.15) is 5.82 Å². The van der Waals surface area contributed by atoms with Gasteiger partial charge < -0.3 is 20.5 Å². The number of nitrogens with one attached hydrogen (secondary N) is 2. The molecule has 3 N–H and O–H groups in total. The minimum Gasteiger partial charge on any atom is -0.478 e. The molecule has 1 atom stereocenters. The Morgan fingerprint density at radius 3 is 2.75 bits per heavy atom. The van der Waals surface area contributed by atoms with Gasteiger partial charge in [0.25, 0.3) is 0 Å². The number of carboxylic acid groups (broad SMARTS) is 1. The molecule has 2 amide bonds. The third-order valence-electron chi connectivity index (χ3n) is 2.59. The van der Waals surface area contributed by atoms with Crippen LogP contribution < -0.4 is 10.6 Å². The van der Waals surface area contributed by atoms with Crippen LogP contribution >= 0.6 is 0 Å². The molecule has 1 unspecified atom stereocenters. The van der Waals surface area contributed by atoms with E-state index in [0.717, 1.165) is 12.1 Å². The van der Waals surface area contributed by atoms with Crippen LogP contribution in [-0.4, -0.2) is 36.9 Å². The molecule has 0 fully saturated rings. The fourth-order valence-electron chi connectivity index (χ4n) is 1.52. The Bertz CT molecular complexity index is 493. The second-order valence-electron chi connectivity index (χ2n) is 4.28. The van der Waals surface area contributed by atoms with E-state index in [4.69, 9.17) is 9.84 Å². The summed E-state index contributed by atoms with van der Waals surface area (Å²) >= 11 is 0. The van der Waals surface area contributed by atoms with Crippen molar-refractivity contribution in [3.8, 4) is 0 Å². The Hall–Kier alpha value is -2.15. The quantitative estimate of drug-likeness (QED) is 0.746. The highest BCUT2D eigenvalue weighted by Gasteiger charge is 2.12. The summed E-state index contributed by atoms with van der Waals surface area (Å²) in [6.45, 7) is 2.33. The molecule has 0 heterocycles. The molecule has 0 aromatic heterocycles. The van der Waals surface area contributed by atoms with Gasteiger partial charge in [-0.05, 0) is 31.5 Å². The van der Waals surface area contributed by atoms with Crippen molar-refractivity contribution >= 4 is 17.7 Å². The first-order valence-corrected chi connectivity index (χ1v) is 6.03. The van der Waals surface area contributed by atoms with E-state index in [-0.39, 0.29) is 11.7 Å². The molecular formula is C13H17FN2O4. The van der Waals surface area contributed by atoms with E-state index in [9.17, 15) is 14.0 Å². The van der Waals surface area contributed by atoms with Gasteiger partial charge in [-0.15, -0.1) is 0 Å². The van der Waals surface area contributed by atoms with Crippen LogP contribution in [0.2, 0.25) is 0 Å².